The predicted octanol–water partition coefficient (Wildman–Crippen LogP) is 1.47. The highest BCUT2D eigenvalue weighted by Crippen LogP contribution is 2.20. The number of carbonyl (C=O) groups excluding carboxylic acids is 1. The van der Waals surface area contributed by atoms with Gasteiger partial charge < -0.3 is 9.73 Å². The van der Waals surface area contributed by atoms with Crippen molar-refractivity contribution in [2.75, 3.05) is 12.0 Å². The Morgan fingerprint density at radius 2 is 2.14 bits per heavy atom. The molecule has 1 aromatic heterocycles. The molecule has 0 spiro atoms. The molecule has 1 aromatic carbocycles. The molecule has 0 fully saturated rings. The molecule has 0 saturated carbocycles. The summed E-state index contributed by atoms with van der Waals surface area (Å²) in [6, 6.07) is 1.51. The summed E-state index contributed by atoms with van der Waals surface area (Å²) < 4.78 is 54.4. The van der Waals surface area contributed by atoms with Crippen LogP contribution in [-0.2, 0) is 9.84 Å². The Morgan fingerprint density at radius 1 is 1.41 bits per heavy atom. The number of hydrogen-bond donors (Lipinski definition) is 1. The van der Waals surface area contributed by atoms with Crippen LogP contribution in [0.25, 0.3) is 0 Å². The molecule has 0 aliphatic rings. The first-order valence-electron chi connectivity index (χ1n) is 6.08. The van der Waals surface area contributed by atoms with Crippen LogP contribution in [0.4, 0.5) is 8.78 Å². The summed E-state index contributed by atoms with van der Waals surface area (Å²) in [5.74, 6) is -3.03. The van der Waals surface area contributed by atoms with Crippen LogP contribution in [0.5, 0.6) is 0 Å². The van der Waals surface area contributed by atoms with Gasteiger partial charge in [0.15, 0.2) is 12.1 Å². The lowest BCUT2D eigenvalue weighted by Gasteiger charge is -2.18. The van der Waals surface area contributed by atoms with Gasteiger partial charge in [-0.3, -0.25) is 4.79 Å². The molecule has 1 amide bonds. The molecule has 0 aliphatic heterocycles. The number of nitrogens with one attached hydrogen (secondary N) is 1. The number of hydrogen-bond acceptors (Lipinski definition) is 5. The van der Waals surface area contributed by atoms with Crippen LogP contribution in [0.3, 0.4) is 0 Å². The number of nitrogens with zero attached hydrogens (tertiary/aromatic N) is 1. The molecule has 1 N–H and O–H groups in total. The summed E-state index contributed by atoms with van der Waals surface area (Å²) in [5.41, 5.74) is -0.218. The van der Waals surface area contributed by atoms with Gasteiger partial charge in [0.1, 0.15) is 27.7 Å². The predicted molar refractivity (Wildman–Crippen MR) is 72.8 cm³/mol. The van der Waals surface area contributed by atoms with Gasteiger partial charge in [0.2, 0.25) is 0 Å². The summed E-state index contributed by atoms with van der Waals surface area (Å²) in [6.45, 7) is 0. The van der Waals surface area contributed by atoms with Gasteiger partial charge in [0.05, 0.1) is 11.8 Å². The third-order valence-electron chi connectivity index (χ3n) is 2.78. The fourth-order valence-corrected chi connectivity index (χ4v) is 2.72. The van der Waals surface area contributed by atoms with E-state index in [9.17, 15) is 22.0 Å². The number of aromatic nitrogens is 1. The Bertz CT molecular complexity index is 775. The van der Waals surface area contributed by atoms with E-state index in [0.717, 1.165) is 31.0 Å². The lowest BCUT2D eigenvalue weighted by molar-refractivity contribution is 0.0935. The van der Waals surface area contributed by atoms with E-state index < -0.39 is 39.2 Å². The molecule has 9 heteroatoms. The van der Waals surface area contributed by atoms with Gasteiger partial charge in [-0.05, 0) is 6.07 Å². The molecule has 0 unspecified atom stereocenters. The summed E-state index contributed by atoms with van der Waals surface area (Å²) >= 11 is 0. The van der Waals surface area contributed by atoms with Crippen molar-refractivity contribution in [2.24, 2.45) is 0 Å². The number of sulfone groups is 1. The zero-order chi connectivity index (χ0) is 16.3. The number of halogens is 2. The normalized spacial score (nSPS) is 12.9. The zero-order valence-corrected chi connectivity index (χ0v) is 12.2. The zero-order valence-electron chi connectivity index (χ0n) is 11.4. The minimum Gasteiger partial charge on any atom is -0.451 e. The standard InChI is InChI=1S/C13H12F2N2O4S/c1-22(19,20)6-12(9-3-2-8(14)4-10(9)15)17-13(18)11-5-21-7-16-11/h2-5,7,12H,6H2,1H3,(H,17,18)/t12-/m1/s1. The van der Waals surface area contributed by atoms with Crippen molar-refractivity contribution in [1.29, 1.82) is 0 Å². The highest BCUT2D eigenvalue weighted by Gasteiger charge is 2.24. The van der Waals surface area contributed by atoms with E-state index in [2.05, 4.69) is 14.7 Å². The van der Waals surface area contributed by atoms with E-state index in [1.165, 1.54) is 0 Å². The van der Waals surface area contributed by atoms with Crippen LogP contribution in [0, 0.1) is 11.6 Å². The second-order valence-electron chi connectivity index (χ2n) is 4.66. The molecule has 118 valence electrons. The van der Waals surface area contributed by atoms with Crippen molar-refractivity contribution < 1.29 is 26.4 Å². The molecular weight excluding hydrogens is 318 g/mol. The van der Waals surface area contributed by atoms with Gasteiger partial charge in [-0.1, -0.05) is 6.07 Å². The molecule has 0 bridgehead atoms. The van der Waals surface area contributed by atoms with E-state index in [1.807, 2.05) is 0 Å². The number of oxazole rings is 1. The quantitative estimate of drug-likeness (QED) is 0.897. The Hall–Kier alpha value is -2.29. The maximum absolute atomic E-state index is 13.8. The van der Waals surface area contributed by atoms with Crippen LogP contribution in [-0.4, -0.2) is 31.3 Å². The minimum absolute atomic E-state index is 0.0824. The lowest BCUT2D eigenvalue weighted by Crippen LogP contribution is -2.33. The van der Waals surface area contributed by atoms with Gasteiger partial charge in [0, 0.05) is 17.9 Å². The van der Waals surface area contributed by atoms with Gasteiger partial charge in [0.25, 0.3) is 5.91 Å². The maximum Gasteiger partial charge on any atom is 0.273 e. The second-order valence-corrected chi connectivity index (χ2v) is 6.84. The average Bonchev–Trinajstić information content (AvgIpc) is 2.90. The van der Waals surface area contributed by atoms with Crippen LogP contribution < -0.4 is 5.32 Å². The van der Waals surface area contributed by atoms with E-state index in [-0.39, 0.29) is 11.3 Å². The molecule has 1 heterocycles. The van der Waals surface area contributed by atoms with Gasteiger partial charge in [-0.25, -0.2) is 22.2 Å². The molecule has 0 radical (unpaired) electrons. The van der Waals surface area contributed by atoms with E-state index >= 15 is 0 Å². The summed E-state index contributed by atoms with van der Waals surface area (Å²) in [4.78, 5) is 15.5. The monoisotopic (exact) mass is 330 g/mol. The Morgan fingerprint density at radius 3 is 2.68 bits per heavy atom. The van der Waals surface area contributed by atoms with Crippen molar-refractivity contribution in [3.63, 3.8) is 0 Å². The van der Waals surface area contributed by atoms with Crippen molar-refractivity contribution in [3.8, 4) is 0 Å². The highest BCUT2D eigenvalue weighted by atomic mass is 32.2. The summed E-state index contributed by atoms with van der Waals surface area (Å²) in [6.07, 6.45) is 3.04. The van der Waals surface area contributed by atoms with Crippen molar-refractivity contribution in [3.05, 3.63) is 53.7 Å². The molecular formula is C13H12F2N2O4S. The van der Waals surface area contributed by atoms with Gasteiger partial charge in [-0.15, -0.1) is 0 Å². The first-order valence-corrected chi connectivity index (χ1v) is 8.14. The second kappa shape index (κ2) is 6.22. The Labute approximate surface area is 125 Å². The van der Waals surface area contributed by atoms with E-state index in [4.69, 9.17) is 0 Å². The smallest absolute Gasteiger partial charge is 0.273 e. The lowest BCUT2D eigenvalue weighted by atomic mass is 10.1. The molecule has 1 atom stereocenters. The summed E-state index contributed by atoms with van der Waals surface area (Å²) in [5, 5.41) is 2.35. The minimum atomic E-state index is -3.53. The number of rotatable bonds is 5. The van der Waals surface area contributed by atoms with Crippen LogP contribution in [0.2, 0.25) is 0 Å². The molecule has 2 aromatic rings. The van der Waals surface area contributed by atoms with Crippen LogP contribution in [0.15, 0.2) is 35.3 Å². The van der Waals surface area contributed by atoms with E-state index in [1.54, 1.807) is 0 Å². The third kappa shape index (κ3) is 4.10. The Balaban J connectivity index is 2.32. The van der Waals surface area contributed by atoms with Crippen molar-refractivity contribution in [2.45, 2.75) is 6.04 Å². The fourth-order valence-electron chi connectivity index (χ4n) is 1.85. The molecule has 0 aliphatic carbocycles. The van der Waals surface area contributed by atoms with Crippen LogP contribution in [0.1, 0.15) is 22.1 Å². The van der Waals surface area contributed by atoms with Crippen molar-refractivity contribution >= 4 is 15.7 Å². The number of amides is 1. The largest absolute Gasteiger partial charge is 0.451 e. The maximum atomic E-state index is 13.8. The number of benzene rings is 1. The van der Waals surface area contributed by atoms with Gasteiger partial charge >= 0.3 is 0 Å². The van der Waals surface area contributed by atoms with Crippen molar-refractivity contribution in [1.82, 2.24) is 10.3 Å². The van der Waals surface area contributed by atoms with Crippen LogP contribution >= 0.6 is 0 Å². The average molecular weight is 330 g/mol. The molecule has 2 rings (SSSR count). The first kappa shape index (κ1) is 16.1. The fraction of sp³-hybridized carbons (Fsp3) is 0.231. The first-order chi connectivity index (χ1) is 10.3. The summed E-state index contributed by atoms with van der Waals surface area (Å²) in [7, 11) is -3.53. The number of carbonyl (C=O) groups is 1. The SMILES string of the molecule is CS(=O)(=O)C[C@@H](NC(=O)c1cocn1)c1ccc(F)cc1F. The van der Waals surface area contributed by atoms with E-state index in [0.29, 0.717) is 6.07 Å². The third-order valence-corrected chi connectivity index (χ3v) is 3.72. The highest BCUT2D eigenvalue weighted by molar-refractivity contribution is 7.90. The molecule has 0 saturated heterocycles. The molecule has 6 nitrogen and oxygen atoms in total. The molecule has 22 heavy (non-hydrogen) atoms. The Kier molecular flexibility index (Phi) is 4.55. The topological polar surface area (TPSA) is 89.3 Å². The van der Waals surface area contributed by atoms with Gasteiger partial charge in [-0.2, -0.15) is 0 Å².